The van der Waals surface area contributed by atoms with Crippen LogP contribution in [-0.4, -0.2) is 51.9 Å². The molecule has 24 heavy (non-hydrogen) atoms. The minimum absolute atomic E-state index is 0.0678. The van der Waals surface area contributed by atoms with Crippen molar-refractivity contribution in [3.8, 4) is 0 Å². The first-order valence-corrected chi connectivity index (χ1v) is 7.68. The van der Waals surface area contributed by atoms with Gasteiger partial charge >= 0.3 is 5.69 Å². The summed E-state index contributed by atoms with van der Waals surface area (Å²) in [5.74, 6) is 0.359. The van der Waals surface area contributed by atoms with E-state index in [0.717, 1.165) is 0 Å². The topological polar surface area (TPSA) is 92.5 Å². The van der Waals surface area contributed by atoms with Crippen molar-refractivity contribution in [2.75, 3.05) is 31.1 Å². The number of nitrogens with zero attached hydrogens (tertiary/aromatic N) is 5. The zero-order valence-corrected chi connectivity index (χ0v) is 13.4. The van der Waals surface area contributed by atoms with Crippen molar-refractivity contribution < 1.29 is 9.72 Å². The molecule has 1 aliphatic rings. The largest absolute Gasteiger partial charge is 0.337 e. The lowest BCUT2D eigenvalue weighted by Crippen LogP contribution is -2.49. The van der Waals surface area contributed by atoms with Gasteiger partial charge in [-0.1, -0.05) is 17.7 Å². The molecular weight excluding hydrogens is 334 g/mol. The van der Waals surface area contributed by atoms with Crippen LogP contribution in [0.4, 0.5) is 11.6 Å². The molecule has 0 radical (unpaired) electrons. The summed E-state index contributed by atoms with van der Waals surface area (Å²) in [5.41, 5.74) is 0.413. The molecule has 0 N–H and O–H groups in total. The monoisotopic (exact) mass is 347 g/mol. The SMILES string of the molecule is O=C(c1cccc(Cl)c1)N1CCN(c2ncc([N+](=O)[O-])cn2)CC1. The van der Waals surface area contributed by atoms with Crippen molar-refractivity contribution in [1.82, 2.24) is 14.9 Å². The van der Waals surface area contributed by atoms with Crippen molar-refractivity contribution in [2.24, 2.45) is 0 Å². The van der Waals surface area contributed by atoms with Gasteiger partial charge in [-0.3, -0.25) is 14.9 Å². The maximum atomic E-state index is 12.5. The van der Waals surface area contributed by atoms with E-state index < -0.39 is 4.92 Å². The summed E-state index contributed by atoms with van der Waals surface area (Å²) in [5, 5.41) is 11.2. The summed E-state index contributed by atoms with van der Waals surface area (Å²) < 4.78 is 0. The molecule has 1 aromatic heterocycles. The Bertz CT molecular complexity index is 760. The Morgan fingerprint density at radius 1 is 1.17 bits per heavy atom. The fourth-order valence-electron chi connectivity index (χ4n) is 2.49. The molecule has 0 bridgehead atoms. The Kier molecular flexibility index (Phi) is 4.57. The highest BCUT2D eigenvalue weighted by Gasteiger charge is 2.24. The van der Waals surface area contributed by atoms with Crippen molar-refractivity contribution in [3.63, 3.8) is 0 Å². The molecule has 1 saturated heterocycles. The molecule has 2 aromatic rings. The third-order valence-corrected chi connectivity index (χ3v) is 3.99. The standard InChI is InChI=1S/C15H14ClN5O3/c16-12-3-1-2-11(8-12)14(22)19-4-6-20(7-5-19)15-17-9-13(10-18-15)21(23)24/h1-3,8-10H,4-7H2. The number of hydrogen-bond acceptors (Lipinski definition) is 6. The molecule has 1 amide bonds. The molecule has 0 aliphatic carbocycles. The van der Waals surface area contributed by atoms with Gasteiger partial charge in [-0.15, -0.1) is 0 Å². The molecule has 0 spiro atoms. The molecule has 2 heterocycles. The number of anilines is 1. The van der Waals surface area contributed by atoms with Gasteiger partial charge in [-0.25, -0.2) is 9.97 Å². The molecule has 8 nitrogen and oxygen atoms in total. The highest BCUT2D eigenvalue weighted by molar-refractivity contribution is 6.30. The number of aromatic nitrogens is 2. The summed E-state index contributed by atoms with van der Waals surface area (Å²) in [6, 6.07) is 6.86. The molecule has 1 aliphatic heterocycles. The Morgan fingerprint density at radius 2 is 1.83 bits per heavy atom. The lowest BCUT2D eigenvalue weighted by atomic mass is 10.2. The molecule has 1 aromatic carbocycles. The van der Waals surface area contributed by atoms with E-state index in [2.05, 4.69) is 9.97 Å². The predicted molar refractivity (Wildman–Crippen MR) is 88.3 cm³/mol. The normalized spacial score (nSPS) is 14.5. The molecule has 0 saturated carbocycles. The second-order valence-electron chi connectivity index (χ2n) is 5.29. The van der Waals surface area contributed by atoms with Gasteiger partial charge in [0.25, 0.3) is 5.91 Å². The lowest BCUT2D eigenvalue weighted by Gasteiger charge is -2.34. The second kappa shape index (κ2) is 6.79. The molecular formula is C15H14ClN5O3. The minimum atomic E-state index is -0.536. The second-order valence-corrected chi connectivity index (χ2v) is 5.72. The Morgan fingerprint density at radius 3 is 2.42 bits per heavy atom. The quantitative estimate of drug-likeness (QED) is 0.622. The average molecular weight is 348 g/mol. The molecule has 0 atom stereocenters. The summed E-state index contributed by atoms with van der Waals surface area (Å²) in [7, 11) is 0. The van der Waals surface area contributed by atoms with Crippen LogP contribution in [0, 0.1) is 10.1 Å². The van der Waals surface area contributed by atoms with Crippen molar-refractivity contribution in [3.05, 3.63) is 57.4 Å². The Hall–Kier alpha value is -2.74. The molecule has 3 rings (SSSR count). The highest BCUT2D eigenvalue weighted by atomic mass is 35.5. The number of amides is 1. The fraction of sp³-hybridized carbons (Fsp3) is 0.267. The van der Waals surface area contributed by atoms with Crippen LogP contribution < -0.4 is 4.90 Å². The first-order chi connectivity index (χ1) is 11.5. The van der Waals surface area contributed by atoms with Crippen molar-refractivity contribution in [1.29, 1.82) is 0 Å². The summed E-state index contributed by atoms with van der Waals surface area (Å²) in [6.07, 6.45) is 2.37. The number of carbonyl (C=O) groups is 1. The van der Waals surface area contributed by atoms with Crippen molar-refractivity contribution >= 4 is 29.1 Å². The zero-order valence-electron chi connectivity index (χ0n) is 12.6. The summed E-state index contributed by atoms with van der Waals surface area (Å²) in [6.45, 7) is 2.16. The first kappa shape index (κ1) is 16.1. The minimum Gasteiger partial charge on any atom is -0.337 e. The van der Waals surface area contributed by atoms with Crippen LogP contribution in [0.3, 0.4) is 0 Å². The van der Waals surface area contributed by atoms with E-state index in [9.17, 15) is 14.9 Å². The number of halogens is 1. The highest BCUT2D eigenvalue weighted by Crippen LogP contribution is 2.17. The maximum absolute atomic E-state index is 12.5. The van der Waals surface area contributed by atoms with E-state index >= 15 is 0 Å². The number of piperazine rings is 1. The number of hydrogen-bond donors (Lipinski definition) is 0. The van der Waals surface area contributed by atoms with E-state index in [1.807, 2.05) is 4.90 Å². The average Bonchev–Trinajstić information content (AvgIpc) is 2.61. The van der Waals surface area contributed by atoms with Crippen LogP contribution in [-0.2, 0) is 0 Å². The van der Waals surface area contributed by atoms with Crippen molar-refractivity contribution in [2.45, 2.75) is 0 Å². The van der Waals surface area contributed by atoms with Gasteiger partial charge in [0.05, 0.1) is 4.92 Å². The van der Waals surface area contributed by atoms with E-state index in [-0.39, 0.29) is 11.6 Å². The molecule has 124 valence electrons. The van der Waals surface area contributed by atoms with Gasteiger partial charge in [0.15, 0.2) is 0 Å². The zero-order chi connectivity index (χ0) is 17.1. The van der Waals surface area contributed by atoms with Crippen LogP contribution in [0.15, 0.2) is 36.7 Å². The third kappa shape index (κ3) is 3.43. The van der Waals surface area contributed by atoms with Gasteiger partial charge in [-0.2, -0.15) is 0 Å². The Balaban J connectivity index is 1.63. The van der Waals surface area contributed by atoms with E-state index in [0.29, 0.717) is 42.7 Å². The van der Waals surface area contributed by atoms with Gasteiger partial charge in [0.2, 0.25) is 5.95 Å². The third-order valence-electron chi connectivity index (χ3n) is 3.76. The number of nitro groups is 1. The van der Waals surface area contributed by atoms with Crippen LogP contribution in [0.2, 0.25) is 5.02 Å². The Labute approximate surface area is 142 Å². The van der Waals surface area contributed by atoms with E-state index in [1.165, 1.54) is 12.4 Å². The lowest BCUT2D eigenvalue weighted by molar-refractivity contribution is -0.385. The van der Waals surface area contributed by atoms with Crippen LogP contribution >= 0.6 is 11.6 Å². The molecule has 0 unspecified atom stereocenters. The smallest absolute Gasteiger partial charge is 0.305 e. The molecule has 9 heteroatoms. The van der Waals surface area contributed by atoms with Gasteiger partial charge < -0.3 is 9.80 Å². The van der Waals surface area contributed by atoms with Crippen LogP contribution in [0.5, 0.6) is 0 Å². The van der Waals surface area contributed by atoms with E-state index in [1.54, 1.807) is 29.2 Å². The number of rotatable bonds is 3. The summed E-state index contributed by atoms with van der Waals surface area (Å²) in [4.78, 5) is 34.2. The van der Waals surface area contributed by atoms with E-state index in [4.69, 9.17) is 11.6 Å². The summed E-state index contributed by atoms with van der Waals surface area (Å²) >= 11 is 5.92. The van der Waals surface area contributed by atoms with Crippen LogP contribution in [0.25, 0.3) is 0 Å². The maximum Gasteiger partial charge on any atom is 0.305 e. The predicted octanol–water partition coefficient (Wildman–Crippen LogP) is 2.00. The number of benzene rings is 1. The van der Waals surface area contributed by atoms with Gasteiger partial charge in [0.1, 0.15) is 12.4 Å². The fourth-order valence-corrected chi connectivity index (χ4v) is 2.68. The number of carbonyl (C=O) groups excluding carboxylic acids is 1. The first-order valence-electron chi connectivity index (χ1n) is 7.31. The van der Waals surface area contributed by atoms with Gasteiger partial charge in [0, 0.05) is 36.8 Å². The van der Waals surface area contributed by atoms with Crippen LogP contribution in [0.1, 0.15) is 10.4 Å². The van der Waals surface area contributed by atoms with Gasteiger partial charge in [-0.05, 0) is 18.2 Å². The molecule has 1 fully saturated rings.